The van der Waals surface area contributed by atoms with Gasteiger partial charge in [-0.2, -0.15) is 0 Å². The number of rotatable bonds is 9. The third kappa shape index (κ3) is 6.27. The second-order valence-electron chi connectivity index (χ2n) is 5.47. The molecule has 4 nitrogen and oxygen atoms in total. The third-order valence-corrected chi connectivity index (χ3v) is 3.84. The fraction of sp³-hybridized carbons (Fsp3) is 0.588. The fourth-order valence-corrected chi connectivity index (χ4v) is 2.21. The summed E-state index contributed by atoms with van der Waals surface area (Å²) in [6.07, 6.45) is 0.731. The zero-order chi connectivity index (χ0) is 15.7. The number of nitrogens with one attached hydrogen (secondary N) is 1. The van der Waals surface area contributed by atoms with Gasteiger partial charge in [0.25, 0.3) is 0 Å². The molecule has 4 heteroatoms. The molecule has 0 saturated heterocycles. The van der Waals surface area contributed by atoms with Crippen molar-refractivity contribution in [3.05, 3.63) is 35.4 Å². The molecule has 3 N–H and O–H groups in total. The Hall–Kier alpha value is -1.39. The average molecular weight is 291 g/mol. The SMILES string of the molecule is CCN(CC)Cc1ccc(CNC(=O)C(C)CCN)cc1. The predicted molar refractivity (Wildman–Crippen MR) is 87.7 cm³/mol. The van der Waals surface area contributed by atoms with Crippen LogP contribution in [-0.4, -0.2) is 30.4 Å². The predicted octanol–water partition coefficient (Wildman–Crippen LogP) is 2.13. The van der Waals surface area contributed by atoms with Gasteiger partial charge in [-0.05, 0) is 37.2 Å². The number of amides is 1. The normalized spacial score (nSPS) is 12.4. The van der Waals surface area contributed by atoms with Crippen molar-refractivity contribution in [2.24, 2.45) is 11.7 Å². The molecule has 21 heavy (non-hydrogen) atoms. The Balaban J connectivity index is 2.46. The molecule has 0 radical (unpaired) electrons. The van der Waals surface area contributed by atoms with E-state index in [2.05, 4.69) is 48.3 Å². The van der Waals surface area contributed by atoms with Crippen LogP contribution < -0.4 is 11.1 Å². The van der Waals surface area contributed by atoms with Crippen LogP contribution in [0.5, 0.6) is 0 Å². The van der Waals surface area contributed by atoms with Gasteiger partial charge < -0.3 is 11.1 Å². The maximum atomic E-state index is 11.8. The number of carbonyl (C=O) groups excluding carboxylic acids is 1. The summed E-state index contributed by atoms with van der Waals surface area (Å²) in [7, 11) is 0. The van der Waals surface area contributed by atoms with Gasteiger partial charge in [0.05, 0.1) is 0 Å². The van der Waals surface area contributed by atoms with Crippen LogP contribution in [0.2, 0.25) is 0 Å². The minimum Gasteiger partial charge on any atom is -0.352 e. The Morgan fingerprint density at radius 3 is 2.29 bits per heavy atom. The van der Waals surface area contributed by atoms with Crippen molar-refractivity contribution in [1.29, 1.82) is 0 Å². The molecule has 0 bridgehead atoms. The molecule has 0 spiro atoms. The molecule has 0 fully saturated rings. The van der Waals surface area contributed by atoms with Gasteiger partial charge in [-0.25, -0.2) is 0 Å². The second kappa shape index (κ2) is 9.53. The van der Waals surface area contributed by atoms with E-state index in [1.807, 2.05) is 6.92 Å². The Bertz CT molecular complexity index is 413. The van der Waals surface area contributed by atoms with E-state index < -0.39 is 0 Å². The van der Waals surface area contributed by atoms with Gasteiger partial charge in [0.2, 0.25) is 5.91 Å². The van der Waals surface area contributed by atoms with Crippen molar-refractivity contribution in [3.8, 4) is 0 Å². The van der Waals surface area contributed by atoms with E-state index in [1.54, 1.807) is 0 Å². The van der Waals surface area contributed by atoms with Crippen molar-refractivity contribution < 1.29 is 4.79 Å². The van der Waals surface area contributed by atoms with Crippen LogP contribution in [0.1, 0.15) is 38.3 Å². The maximum absolute atomic E-state index is 11.8. The van der Waals surface area contributed by atoms with Gasteiger partial charge in [-0.15, -0.1) is 0 Å². The lowest BCUT2D eigenvalue weighted by molar-refractivity contribution is -0.124. The molecule has 118 valence electrons. The standard InChI is InChI=1S/C17H29N3O/c1-4-20(5-2)13-16-8-6-15(7-9-16)12-19-17(21)14(3)10-11-18/h6-9,14H,4-5,10-13,18H2,1-3H3,(H,19,21). The molecule has 1 aromatic carbocycles. The van der Waals surface area contributed by atoms with Crippen LogP contribution in [0, 0.1) is 5.92 Å². The highest BCUT2D eigenvalue weighted by molar-refractivity contribution is 5.78. The van der Waals surface area contributed by atoms with E-state index in [9.17, 15) is 4.79 Å². The van der Waals surface area contributed by atoms with E-state index in [4.69, 9.17) is 5.73 Å². The van der Waals surface area contributed by atoms with Crippen molar-refractivity contribution in [2.45, 2.75) is 40.3 Å². The first-order chi connectivity index (χ1) is 10.1. The number of benzene rings is 1. The number of nitrogens with two attached hydrogens (primary N) is 1. The highest BCUT2D eigenvalue weighted by Gasteiger charge is 2.11. The van der Waals surface area contributed by atoms with E-state index >= 15 is 0 Å². The molecule has 1 amide bonds. The zero-order valence-corrected chi connectivity index (χ0v) is 13.6. The molecule has 0 aliphatic rings. The fourth-order valence-electron chi connectivity index (χ4n) is 2.21. The first-order valence-corrected chi connectivity index (χ1v) is 7.88. The number of nitrogens with zero attached hydrogens (tertiary/aromatic N) is 1. The molecule has 0 aromatic heterocycles. The lowest BCUT2D eigenvalue weighted by Gasteiger charge is -2.18. The molecule has 0 heterocycles. The van der Waals surface area contributed by atoms with Crippen LogP contribution >= 0.6 is 0 Å². The lowest BCUT2D eigenvalue weighted by Crippen LogP contribution is -2.29. The zero-order valence-electron chi connectivity index (χ0n) is 13.6. The van der Waals surface area contributed by atoms with E-state index in [0.29, 0.717) is 13.1 Å². The molecular weight excluding hydrogens is 262 g/mol. The molecule has 1 atom stereocenters. The number of hydrogen-bond acceptors (Lipinski definition) is 3. The van der Waals surface area contributed by atoms with Gasteiger partial charge in [0, 0.05) is 19.0 Å². The van der Waals surface area contributed by atoms with Crippen LogP contribution in [0.4, 0.5) is 0 Å². The lowest BCUT2D eigenvalue weighted by atomic mass is 10.1. The smallest absolute Gasteiger partial charge is 0.223 e. The summed E-state index contributed by atoms with van der Waals surface area (Å²) in [6, 6.07) is 8.46. The van der Waals surface area contributed by atoms with Gasteiger partial charge >= 0.3 is 0 Å². The molecule has 1 aromatic rings. The van der Waals surface area contributed by atoms with Crippen molar-refractivity contribution >= 4 is 5.91 Å². The largest absolute Gasteiger partial charge is 0.352 e. The summed E-state index contributed by atoms with van der Waals surface area (Å²) in [5.41, 5.74) is 7.91. The highest BCUT2D eigenvalue weighted by atomic mass is 16.1. The second-order valence-corrected chi connectivity index (χ2v) is 5.47. The Labute approximate surface area is 128 Å². The van der Waals surface area contributed by atoms with Crippen LogP contribution in [0.3, 0.4) is 0 Å². The average Bonchev–Trinajstić information content (AvgIpc) is 2.51. The van der Waals surface area contributed by atoms with E-state index in [-0.39, 0.29) is 11.8 Å². The summed E-state index contributed by atoms with van der Waals surface area (Å²) >= 11 is 0. The summed E-state index contributed by atoms with van der Waals surface area (Å²) in [4.78, 5) is 14.2. The minimum atomic E-state index is -0.0167. The molecule has 1 rings (SSSR count). The van der Waals surface area contributed by atoms with Crippen LogP contribution in [0.25, 0.3) is 0 Å². The summed E-state index contributed by atoms with van der Waals surface area (Å²) in [6.45, 7) is 10.5. The topological polar surface area (TPSA) is 58.4 Å². The molecular formula is C17H29N3O. The van der Waals surface area contributed by atoms with Crippen LogP contribution in [0.15, 0.2) is 24.3 Å². The van der Waals surface area contributed by atoms with Crippen molar-refractivity contribution in [3.63, 3.8) is 0 Å². The molecule has 1 unspecified atom stereocenters. The maximum Gasteiger partial charge on any atom is 0.223 e. The van der Waals surface area contributed by atoms with E-state index in [1.165, 1.54) is 5.56 Å². The van der Waals surface area contributed by atoms with Gasteiger partial charge in [0.15, 0.2) is 0 Å². The molecule has 0 aliphatic carbocycles. The van der Waals surface area contributed by atoms with Gasteiger partial charge in [0.1, 0.15) is 0 Å². The first kappa shape index (κ1) is 17.7. The molecule has 0 aliphatic heterocycles. The van der Waals surface area contributed by atoms with Crippen LogP contribution in [-0.2, 0) is 17.9 Å². The van der Waals surface area contributed by atoms with Gasteiger partial charge in [-0.3, -0.25) is 9.69 Å². The van der Waals surface area contributed by atoms with Crippen molar-refractivity contribution in [2.75, 3.05) is 19.6 Å². The van der Waals surface area contributed by atoms with Gasteiger partial charge in [-0.1, -0.05) is 45.0 Å². The molecule has 0 saturated carbocycles. The summed E-state index contributed by atoms with van der Waals surface area (Å²) in [5.74, 6) is 0.0598. The first-order valence-electron chi connectivity index (χ1n) is 7.88. The summed E-state index contributed by atoms with van der Waals surface area (Å²) in [5, 5.41) is 2.96. The number of hydrogen-bond donors (Lipinski definition) is 2. The third-order valence-electron chi connectivity index (χ3n) is 3.84. The summed E-state index contributed by atoms with van der Waals surface area (Å²) < 4.78 is 0. The monoisotopic (exact) mass is 291 g/mol. The minimum absolute atomic E-state index is 0.0167. The van der Waals surface area contributed by atoms with E-state index in [0.717, 1.165) is 31.6 Å². The Morgan fingerprint density at radius 2 is 1.76 bits per heavy atom. The highest BCUT2D eigenvalue weighted by Crippen LogP contribution is 2.08. The Morgan fingerprint density at radius 1 is 1.19 bits per heavy atom. The Kier molecular flexibility index (Phi) is 8.01. The number of carbonyl (C=O) groups is 1. The quantitative estimate of drug-likeness (QED) is 0.733. The van der Waals surface area contributed by atoms with Crippen molar-refractivity contribution in [1.82, 2.24) is 10.2 Å².